The van der Waals surface area contributed by atoms with Gasteiger partial charge in [-0.1, -0.05) is 13.5 Å². The summed E-state index contributed by atoms with van der Waals surface area (Å²) in [6.45, 7) is 14.9. The molecule has 0 aromatic heterocycles. The van der Waals surface area contributed by atoms with E-state index in [9.17, 15) is 4.79 Å². The molecule has 0 saturated carbocycles. The van der Waals surface area contributed by atoms with Crippen LogP contribution in [0.3, 0.4) is 0 Å². The maximum absolute atomic E-state index is 11.8. The van der Waals surface area contributed by atoms with Crippen molar-refractivity contribution in [3.63, 3.8) is 0 Å². The number of hydrogen-bond donors (Lipinski definition) is 1. The van der Waals surface area contributed by atoms with Crippen LogP contribution in [0.25, 0.3) is 0 Å². The smallest absolute Gasteiger partial charge is 0.410 e. The van der Waals surface area contributed by atoms with Gasteiger partial charge in [-0.2, -0.15) is 0 Å². The molecule has 1 saturated heterocycles. The van der Waals surface area contributed by atoms with Gasteiger partial charge in [-0.15, -0.1) is 0 Å². The highest BCUT2D eigenvalue weighted by Gasteiger charge is 2.45. The highest BCUT2D eigenvalue weighted by molar-refractivity contribution is 5.69. The van der Waals surface area contributed by atoms with Gasteiger partial charge in [0.1, 0.15) is 5.60 Å². The third kappa shape index (κ3) is 3.65. The topological polar surface area (TPSA) is 41.6 Å². The van der Waals surface area contributed by atoms with E-state index in [-0.39, 0.29) is 11.6 Å². The normalized spacial score (nSPS) is 18.3. The van der Waals surface area contributed by atoms with Crippen molar-refractivity contribution < 1.29 is 9.53 Å². The molecule has 1 rings (SSSR count). The van der Waals surface area contributed by atoms with Gasteiger partial charge in [-0.05, 0) is 34.1 Å². The predicted octanol–water partition coefficient (Wildman–Crippen LogP) is 2.51. The number of amides is 1. The molecule has 4 nitrogen and oxygen atoms in total. The van der Waals surface area contributed by atoms with E-state index in [1.807, 2.05) is 27.7 Å². The Morgan fingerprint density at radius 1 is 1.47 bits per heavy atom. The van der Waals surface area contributed by atoms with Gasteiger partial charge >= 0.3 is 6.09 Å². The number of nitrogens with zero attached hydrogens (tertiary/aromatic N) is 1. The lowest BCUT2D eigenvalue weighted by Gasteiger charge is -2.50. The Balaban J connectivity index is 2.49. The second-order valence-corrected chi connectivity index (χ2v) is 5.88. The SMILES string of the molecule is C=C(C)NC1(CC)CN(C(=O)OC(C)(C)C)C1. The van der Waals surface area contributed by atoms with Crippen LogP contribution in [-0.4, -0.2) is 35.2 Å². The Morgan fingerprint density at radius 3 is 2.35 bits per heavy atom. The summed E-state index contributed by atoms with van der Waals surface area (Å²) in [6.07, 6.45) is 0.740. The number of carbonyl (C=O) groups excluding carboxylic acids is 1. The second-order valence-electron chi connectivity index (χ2n) is 5.88. The molecule has 1 fully saturated rings. The third-order valence-electron chi connectivity index (χ3n) is 2.79. The Hall–Kier alpha value is -1.19. The molecule has 17 heavy (non-hydrogen) atoms. The molecule has 98 valence electrons. The molecule has 1 N–H and O–H groups in total. The van der Waals surface area contributed by atoms with Crippen molar-refractivity contribution in [2.75, 3.05) is 13.1 Å². The average molecular weight is 240 g/mol. The van der Waals surface area contributed by atoms with Crippen molar-refractivity contribution in [1.82, 2.24) is 10.2 Å². The lowest BCUT2D eigenvalue weighted by atomic mass is 9.87. The van der Waals surface area contributed by atoms with Gasteiger partial charge in [0.05, 0.1) is 5.54 Å². The van der Waals surface area contributed by atoms with Crippen molar-refractivity contribution in [2.24, 2.45) is 0 Å². The molecule has 0 spiro atoms. The van der Waals surface area contributed by atoms with Gasteiger partial charge in [-0.25, -0.2) is 4.79 Å². The fourth-order valence-electron chi connectivity index (χ4n) is 1.98. The van der Waals surface area contributed by atoms with Crippen molar-refractivity contribution in [1.29, 1.82) is 0 Å². The Kier molecular flexibility index (Phi) is 3.74. The molecule has 0 aliphatic carbocycles. The van der Waals surface area contributed by atoms with Gasteiger partial charge in [0.15, 0.2) is 0 Å². The van der Waals surface area contributed by atoms with Crippen molar-refractivity contribution in [3.8, 4) is 0 Å². The van der Waals surface area contributed by atoms with Crippen molar-refractivity contribution in [2.45, 2.75) is 52.2 Å². The van der Waals surface area contributed by atoms with Crippen molar-refractivity contribution in [3.05, 3.63) is 12.3 Å². The largest absolute Gasteiger partial charge is 0.444 e. The van der Waals surface area contributed by atoms with E-state index in [0.29, 0.717) is 13.1 Å². The first-order chi connectivity index (χ1) is 7.67. The summed E-state index contributed by atoms with van der Waals surface area (Å²) < 4.78 is 5.32. The first kappa shape index (κ1) is 13.9. The van der Waals surface area contributed by atoms with E-state index in [1.54, 1.807) is 4.90 Å². The number of likely N-dealkylation sites (tertiary alicyclic amines) is 1. The number of carbonyl (C=O) groups is 1. The molecule has 0 atom stereocenters. The monoisotopic (exact) mass is 240 g/mol. The van der Waals surface area contributed by atoms with Crippen LogP contribution in [0, 0.1) is 0 Å². The highest BCUT2D eigenvalue weighted by Crippen LogP contribution is 2.27. The Morgan fingerprint density at radius 2 is 2.00 bits per heavy atom. The zero-order valence-electron chi connectivity index (χ0n) is 11.6. The summed E-state index contributed by atoms with van der Waals surface area (Å²) in [4.78, 5) is 13.5. The highest BCUT2D eigenvalue weighted by atomic mass is 16.6. The molecule has 0 aromatic rings. The van der Waals surface area contributed by atoms with Crippen molar-refractivity contribution >= 4 is 6.09 Å². The van der Waals surface area contributed by atoms with Crippen LogP contribution in [0.4, 0.5) is 4.79 Å². The van der Waals surface area contributed by atoms with Crippen LogP contribution in [-0.2, 0) is 4.74 Å². The quantitative estimate of drug-likeness (QED) is 0.824. The fraction of sp³-hybridized carbons (Fsp3) is 0.769. The zero-order chi connectivity index (χ0) is 13.3. The van der Waals surface area contributed by atoms with E-state index >= 15 is 0 Å². The lowest BCUT2D eigenvalue weighted by molar-refractivity contribution is -0.0151. The van der Waals surface area contributed by atoms with Gasteiger partial charge < -0.3 is 15.0 Å². The second kappa shape index (κ2) is 4.59. The lowest BCUT2D eigenvalue weighted by Crippen LogP contribution is -2.69. The van der Waals surface area contributed by atoms with Crippen LogP contribution in [0.15, 0.2) is 12.3 Å². The van der Waals surface area contributed by atoms with Gasteiger partial charge in [0.2, 0.25) is 0 Å². The molecule has 0 bridgehead atoms. The minimum Gasteiger partial charge on any atom is -0.444 e. The number of ether oxygens (including phenoxy) is 1. The summed E-state index contributed by atoms with van der Waals surface area (Å²) >= 11 is 0. The molecule has 4 heteroatoms. The molecule has 0 aromatic carbocycles. The van der Waals surface area contributed by atoms with E-state index in [1.165, 1.54) is 0 Å². The number of rotatable bonds is 3. The zero-order valence-corrected chi connectivity index (χ0v) is 11.6. The van der Waals surface area contributed by atoms with E-state index in [0.717, 1.165) is 12.1 Å². The maximum atomic E-state index is 11.8. The van der Waals surface area contributed by atoms with Crippen LogP contribution in [0.1, 0.15) is 41.0 Å². The van der Waals surface area contributed by atoms with Crippen LogP contribution < -0.4 is 5.32 Å². The van der Waals surface area contributed by atoms with Crippen LogP contribution >= 0.6 is 0 Å². The molecule has 0 unspecified atom stereocenters. The van der Waals surface area contributed by atoms with Gasteiger partial charge in [-0.3, -0.25) is 0 Å². The van der Waals surface area contributed by atoms with Crippen LogP contribution in [0.5, 0.6) is 0 Å². The first-order valence-electron chi connectivity index (χ1n) is 6.09. The molecular formula is C13H24N2O2. The Bertz CT molecular complexity index is 312. The molecule has 1 heterocycles. The molecular weight excluding hydrogens is 216 g/mol. The summed E-state index contributed by atoms with van der Waals surface area (Å²) in [5, 5.41) is 3.35. The summed E-state index contributed by atoms with van der Waals surface area (Å²) in [5.41, 5.74) is 0.502. The average Bonchev–Trinajstić information content (AvgIpc) is 2.06. The minimum absolute atomic E-state index is 0.0112. The standard InChI is InChI=1S/C13H24N2O2/c1-7-13(14-10(2)3)8-15(9-13)11(16)17-12(4,5)6/h14H,2,7-9H2,1,3-6H3. The van der Waals surface area contributed by atoms with E-state index < -0.39 is 5.60 Å². The van der Waals surface area contributed by atoms with Gasteiger partial charge in [0, 0.05) is 18.8 Å². The molecule has 1 aliphatic heterocycles. The minimum atomic E-state index is -0.427. The summed E-state index contributed by atoms with van der Waals surface area (Å²) in [6, 6.07) is 0. The third-order valence-corrected chi connectivity index (χ3v) is 2.79. The molecule has 1 aliphatic rings. The fourth-order valence-corrected chi connectivity index (χ4v) is 1.98. The maximum Gasteiger partial charge on any atom is 0.410 e. The first-order valence-corrected chi connectivity index (χ1v) is 6.09. The number of nitrogens with one attached hydrogen (secondary N) is 1. The Labute approximate surface area is 104 Å². The number of allylic oxidation sites excluding steroid dienone is 1. The van der Waals surface area contributed by atoms with E-state index in [4.69, 9.17) is 4.74 Å². The number of hydrogen-bond acceptors (Lipinski definition) is 3. The summed E-state index contributed by atoms with van der Waals surface area (Å²) in [5.74, 6) is 0. The van der Waals surface area contributed by atoms with E-state index in [2.05, 4.69) is 18.8 Å². The molecule has 1 amide bonds. The van der Waals surface area contributed by atoms with Gasteiger partial charge in [0.25, 0.3) is 0 Å². The van der Waals surface area contributed by atoms with Crippen LogP contribution in [0.2, 0.25) is 0 Å². The summed E-state index contributed by atoms with van der Waals surface area (Å²) in [7, 11) is 0. The predicted molar refractivity (Wildman–Crippen MR) is 68.8 cm³/mol. The molecule has 0 radical (unpaired) electrons.